The number of nitrogens with zero attached hydrogens (tertiary/aromatic N) is 5. The van der Waals surface area contributed by atoms with Crippen molar-refractivity contribution >= 4 is 33.2 Å². The van der Waals surface area contributed by atoms with Crippen molar-refractivity contribution in [1.29, 1.82) is 0 Å². The van der Waals surface area contributed by atoms with Gasteiger partial charge in [0.1, 0.15) is 35.9 Å². The first-order valence-corrected chi connectivity index (χ1v) is 14.8. The number of aromatic nitrogens is 3. The van der Waals surface area contributed by atoms with E-state index in [1.54, 1.807) is 9.80 Å². The molecule has 5 heterocycles. The van der Waals surface area contributed by atoms with Gasteiger partial charge in [-0.25, -0.2) is 17.6 Å². The number of pyridine rings is 1. The quantitative estimate of drug-likeness (QED) is 0.237. The first kappa shape index (κ1) is 23.4. The fourth-order valence-electron chi connectivity index (χ4n) is 7.28. The van der Waals surface area contributed by atoms with Crippen LogP contribution in [0.1, 0.15) is 26.1 Å². The fourth-order valence-corrected chi connectivity index (χ4v) is 7.28. The standard InChI is InChI=1S/C32H32F4N6O3/c1-43-29-22(34)4-3-16-9-18(37)10-19(23(16)29)26-25(36)27-20(12-38-26)30(42-7-8-44-14-21-24(35)28(21)42)40-31(39-27)45-15-32-5-2-6-41(32)13-17(33)11-32/h3-4,9-10,12,17,21,24,28H,2,5-8,11,13-15,37H2,1H3/t17-,21+,24+,28+,32+/m1/s1/i1D3,15D2. The molecule has 3 aliphatic heterocycles. The van der Waals surface area contributed by atoms with Gasteiger partial charge in [-0.1, -0.05) is 6.07 Å². The molecule has 5 atom stereocenters. The number of anilines is 2. The van der Waals surface area contributed by atoms with Crippen molar-refractivity contribution in [2.75, 3.05) is 57.1 Å². The summed E-state index contributed by atoms with van der Waals surface area (Å²) in [5.41, 5.74) is 4.07. The monoisotopic (exact) mass is 629 g/mol. The molecular formula is C32H32F4N6O3. The van der Waals surface area contributed by atoms with E-state index in [1.807, 2.05) is 0 Å². The van der Waals surface area contributed by atoms with Crippen LogP contribution < -0.4 is 20.1 Å². The number of ether oxygens (including phenoxy) is 3. The van der Waals surface area contributed by atoms with Gasteiger partial charge in [-0.3, -0.25) is 9.88 Å². The van der Waals surface area contributed by atoms with E-state index in [2.05, 4.69) is 15.0 Å². The van der Waals surface area contributed by atoms with Gasteiger partial charge in [0.25, 0.3) is 0 Å². The summed E-state index contributed by atoms with van der Waals surface area (Å²) < 4.78 is 119. The summed E-state index contributed by atoms with van der Waals surface area (Å²) in [5.74, 6) is -3.19. The third kappa shape index (κ3) is 4.53. The zero-order valence-corrected chi connectivity index (χ0v) is 23.9. The first-order chi connectivity index (χ1) is 23.7. The second-order valence-corrected chi connectivity index (χ2v) is 12.1. The number of benzene rings is 2. The number of halogens is 4. The SMILES string of the molecule is [2H]C([2H])([2H])Oc1c(F)ccc2cc(N)cc(-c3ncc4c(N5CCOC[C@H]6[C@H](F)[C@H]65)nc(OC([2H])([2H])[C@@]56CCCN5C[C@H](F)C6)nc4c3F)c12. The van der Waals surface area contributed by atoms with Gasteiger partial charge < -0.3 is 24.8 Å². The molecule has 13 heteroatoms. The summed E-state index contributed by atoms with van der Waals surface area (Å²) in [7, 11) is -3.06. The van der Waals surface area contributed by atoms with Crippen molar-refractivity contribution in [2.24, 2.45) is 5.92 Å². The van der Waals surface area contributed by atoms with E-state index in [1.165, 1.54) is 24.4 Å². The Bertz CT molecular complexity index is 2030. The summed E-state index contributed by atoms with van der Waals surface area (Å²) in [5, 5.41) is 0.169. The van der Waals surface area contributed by atoms with E-state index in [-0.39, 0.29) is 71.5 Å². The highest BCUT2D eigenvalue weighted by atomic mass is 19.1. The average Bonchev–Trinajstić information content (AvgIpc) is 3.39. The van der Waals surface area contributed by atoms with Gasteiger partial charge in [0, 0.05) is 48.3 Å². The van der Waals surface area contributed by atoms with Crippen LogP contribution in [0.15, 0.2) is 30.5 Å². The van der Waals surface area contributed by atoms with Gasteiger partial charge in [0.2, 0.25) is 0 Å². The lowest BCUT2D eigenvalue weighted by atomic mass is 9.95. The highest BCUT2D eigenvalue weighted by Gasteiger charge is 2.56. The van der Waals surface area contributed by atoms with Crippen LogP contribution in [-0.2, 0) is 4.74 Å². The summed E-state index contributed by atoms with van der Waals surface area (Å²) in [6, 6.07) is 3.85. The zero-order valence-electron chi connectivity index (χ0n) is 28.9. The van der Waals surface area contributed by atoms with Gasteiger partial charge in [-0.05, 0) is 43.0 Å². The minimum atomic E-state index is -3.06. The Balaban J connectivity index is 1.32. The second kappa shape index (κ2) is 10.5. The smallest absolute Gasteiger partial charge is 0.319 e. The molecule has 8 rings (SSSR count). The highest BCUT2D eigenvalue weighted by molar-refractivity contribution is 6.04. The third-order valence-corrected chi connectivity index (χ3v) is 9.43. The van der Waals surface area contributed by atoms with Gasteiger partial charge in [0.15, 0.2) is 17.4 Å². The van der Waals surface area contributed by atoms with Crippen LogP contribution in [0.2, 0.25) is 0 Å². The minimum Gasteiger partial charge on any atom is -0.493 e. The van der Waals surface area contributed by atoms with E-state index in [0.29, 0.717) is 19.4 Å². The number of alkyl halides is 2. The lowest BCUT2D eigenvalue weighted by Crippen LogP contribution is -2.43. The fraction of sp³-hybridized carbons (Fsp3) is 0.469. The number of hydrogen-bond acceptors (Lipinski definition) is 9. The predicted octanol–water partition coefficient (Wildman–Crippen LogP) is 4.84. The first-order valence-electron chi connectivity index (χ1n) is 17.3. The summed E-state index contributed by atoms with van der Waals surface area (Å²) >= 11 is 0. The summed E-state index contributed by atoms with van der Waals surface area (Å²) in [6.07, 6.45) is -0.447. The molecule has 4 fully saturated rings. The molecule has 0 unspecified atom stereocenters. The van der Waals surface area contributed by atoms with Crippen LogP contribution in [0, 0.1) is 17.6 Å². The van der Waals surface area contributed by atoms with E-state index in [9.17, 15) is 4.39 Å². The number of nitrogens with two attached hydrogens (primary N) is 1. The summed E-state index contributed by atoms with van der Waals surface area (Å²) in [4.78, 5) is 16.5. The minimum absolute atomic E-state index is 0.0323. The average molecular weight is 630 g/mol. The molecule has 2 N–H and O–H groups in total. The van der Waals surface area contributed by atoms with E-state index in [0.717, 1.165) is 6.07 Å². The summed E-state index contributed by atoms with van der Waals surface area (Å²) in [6.45, 7) is -1.44. The molecule has 236 valence electrons. The van der Waals surface area contributed by atoms with E-state index in [4.69, 9.17) is 26.8 Å². The molecule has 0 radical (unpaired) electrons. The molecule has 1 saturated carbocycles. The normalized spacial score (nSPS) is 30.1. The van der Waals surface area contributed by atoms with Gasteiger partial charge >= 0.3 is 6.01 Å². The molecule has 2 aromatic heterocycles. The van der Waals surface area contributed by atoms with Gasteiger partial charge in [-0.15, -0.1) is 0 Å². The van der Waals surface area contributed by atoms with Crippen LogP contribution in [0.5, 0.6) is 11.8 Å². The Labute approximate surface area is 263 Å². The Morgan fingerprint density at radius 3 is 2.98 bits per heavy atom. The van der Waals surface area contributed by atoms with Crippen molar-refractivity contribution in [3.05, 3.63) is 42.1 Å². The molecule has 0 amide bonds. The number of hydrogen-bond donors (Lipinski definition) is 1. The van der Waals surface area contributed by atoms with Crippen molar-refractivity contribution in [1.82, 2.24) is 19.9 Å². The second-order valence-electron chi connectivity index (χ2n) is 12.1. The van der Waals surface area contributed by atoms with Gasteiger partial charge in [-0.2, -0.15) is 9.97 Å². The van der Waals surface area contributed by atoms with Crippen LogP contribution in [0.25, 0.3) is 32.9 Å². The maximum atomic E-state index is 17.0. The third-order valence-electron chi connectivity index (χ3n) is 9.43. The van der Waals surface area contributed by atoms with Crippen molar-refractivity contribution in [2.45, 2.75) is 43.2 Å². The van der Waals surface area contributed by atoms with Crippen LogP contribution in [0.3, 0.4) is 0 Å². The molecule has 45 heavy (non-hydrogen) atoms. The van der Waals surface area contributed by atoms with E-state index < -0.39 is 72.5 Å². The Morgan fingerprint density at radius 2 is 2.11 bits per heavy atom. The molecule has 0 bridgehead atoms. The molecule has 2 aromatic carbocycles. The molecule has 9 nitrogen and oxygen atoms in total. The molecule has 3 saturated heterocycles. The molecule has 1 aliphatic carbocycles. The number of fused-ring (bicyclic) bond motifs is 4. The Morgan fingerprint density at radius 1 is 1.22 bits per heavy atom. The van der Waals surface area contributed by atoms with Crippen molar-refractivity contribution in [3.63, 3.8) is 0 Å². The predicted molar refractivity (Wildman–Crippen MR) is 160 cm³/mol. The Hall–Kier alpha value is -3.97. The van der Waals surface area contributed by atoms with Crippen molar-refractivity contribution in [3.8, 4) is 23.0 Å². The zero-order chi connectivity index (χ0) is 35.3. The maximum absolute atomic E-state index is 17.0. The van der Waals surface area contributed by atoms with Crippen LogP contribution >= 0.6 is 0 Å². The number of nitrogen functional groups attached to an aromatic ring is 1. The van der Waals surface area contributed by atoms with Crippen molar-refractivity contribution < 1.29 is 38.6 Å². The lowest BCUT2D eigenvalue weighted by molar-refractivity contribution is 0.107. The maximum Gasteiger partial charge on any atom is 0.319 e. The Kier molecular flexibility index (Phi) is 5.48. The largest absolute Gasteiger partial charge is 0.493 e. The lowest BCUT2D eigenvalue weighted by Gasteiger charge is -2.31. The topological polar surface area (TPSA) is 98.9 Å². The van der Waals surface area contributed by atoms with Gasteiger partial charge in [0.05, 0.1) is 44.1 Å². The molecule has 4 aromatic rings. The van der Waals surface area contributed by atoms with E-state index >= 15 is 13.2 Å². The number of rotatable bonds is 6. The number of methoxy groups -OCH3 is 1. The highest BCUT2D eigenvalue weighted by Crippen LogP contribution is 2.46. The van der Waals surface area contributed by atoms with Crippen LogP contribution in [-0.4, -0.2) is 90.2 Å². The molecular weight excluding hydrogens is 592 g/mol. The molecule has 4 aliphatic rings. The molecule has 0 spiro atoms. The van der Waals surface area contributed by atoms with Crippen LogP contribution in [0.4, 0.5) is 29.1 Å².